The van der Waals surface area contributed by atoms with Crippen LogP contribution in [0, 0.1) is 0 Å². The van der Waals surface area contributed by atoms with Crippen molar-refractivity contribution in [2.24, 2.45) is 0 Å². The first-order valence-electron chi connectivity index (χ1n) is 13.3. The third-order valence-electron chi connectivity index (χ3n) is 7.26. The molecule has 0 aromatic heterocycles. The molecule has 4 N–H and O–H groups in total. The zero-order valence-corrected chi connectivity index (χ0v) is 23.7. The molecule has 4 aromatic rings. The van der Waals surface area contributed by atoms with E-state index in [1.54, 1.807) is 50.6 Å². The summed E-state index contributed by atoms with van der Waals surface area (Å²) in [4.78, 5) is 0. The van der Waals surface area contributed by atoms with Gasteiger partial charge in [0.15, 0.2) is 23.0 Å². The van der Waals surface area contributed by atoms with Crippen molar-refractivity contribution in [2.75, 3.05) is 28.4 Å². The van der Waals surface area contributed by atoms with Gasteiger partial charge in [-0.05, 0) is 84.3 Å². The van der Waals surface area contributed by atoms with Crippen LogP contribution >= 0.6 is 0 Å². The van der Waals surface area contributed by atoms with Crippen LogP contribution in [0.25, 0.3) is 0 Å². The van der Waals surface area contributed by atoms with Crippen molar-refractivity contribution in [3.63, 3.8) is 0 Å². The van der Waals surface area contributed by atoms with E-state index < -0.39 is 0 Å². The van der Waals surface area contributed by atoms with Gasteiger partial charge in [-0.15, -0.1) is 0 Å². The van der Waals surface area contributed by atoms with Gasteiger partial charge in [0.25, 0.3) is 0 Å². The highest BCUT2D eigenvalue weighted by atomic mass is 16.5. The molecule has 0 aliphatic heterocycles. The Morgan fingerprint density at radius 2 is 0.878 bits per heavy atom. The minimum Gasteiger partial charge on any atom is -0.508 e. The maximum Gasteiger partial charge on any atom is 0.160 e. The van der Waals surface area contributed by atoms with Gasteiger partial charge in [0.2, 0.25) is 0 Å². The zero-order valence-electron chi connectivity index (χ0n) is 23.7. The number of benzene rings is 4. The SMILES string of the molecule is COc1cc(O)c(Cc2c(O)cc(OC)cc2CCc2ccc(O)c(OC)c2)c(CCc2ccc(O)c(OC)c2)c1. The number of hydrogen-bond acceptors (Lipinski definition) is 8. The van der Waals surface area contributed by atoms with Crippen molar-refractivity contribution < 1.29 is 39.4 Å². The number of aromatic hydroxyl groups is 4. The van der Waals surface area contributed by atoms with Crippen LogP contribution in [-0.2, 0) is 32.1 Å². The molecule has 0 bridgehead atoms. The second-order valence-electron chi connectivity index (χ2n) is 9.76. The van der Waals surface area contributed by atoms with Gasteiger partial charge >= 0.3 is 0 Å². The number of ether oxygens (including phenoxy) is 4. The number of phenolic OH excluding ortho intramolecular Hbond substituents is 4. The Bertz CT molecular complexity index is 1400. The average Bonchev–Trinajstić information content (AvgIpc) is 2.98. The molecule has 0 heterocycles. The highest BCUT2D eigenvalue weighted by molar-refractivity contribution is 5.54. The van der Waals surface area contributed by atoms with Crippen molar-refractivity contribution in [3.05, 3.63) is 94.0 Å². The summed E-state index contributed by atoms with van der Waals surface area (Å²) in [6, 6.07) is 17.4. The number of rotatable bonds is 12. The van der Waals surface area contributed by atoms with Crippen molar-refractivity contribution >= 4 is 0 Å². The van der Waals surface area contributed by atoms with E-state index in [2.05, 4.69) is 0 Å². The van der Waals surface area contributed by atoms with Crippen LogP contribution < -0.4 is 18.9 Å². The summed E-state index contributed by atoms with van der Waals surface area (Å²) in [5, 5.41) is 42.1. The summed E-state index contributed by atoms with van der Waals surface area (Å²) < 4.78 is 21.4. The van der Waals surface area contributed by atoms with E-state index >= 15 is 0 Å². The third-order valence-corrected chi connectivity index (χ3v) is 7.26. The smallest absolute Gasteiger partial charge is 0.160 e. The topological polar surface area (TPSA) is 118 Å². The molecule has 0 aliphatic rings. The number of phenols is 4. The van der Waals surface area contributed by atoms with E-state index in [9.17, 15) is 20.4 Å². The van der Waals surface area contributed by atoms with Gasteiger partial charge in [0.05, 0.1) is 28.4 Å². The van der Waals surface area contributed by atoms with Gasteiger partial charge < -0.3 is 39.4 Å². The van der Waals surface area contributed by atoms with Crippen molar-refractivity contribution in [2.45, 2.75) is 32.1 Å². The van der Waals surface area contributed by atoms with Crippen molar-refractivity contribution in [1.29, 1.82) is 0 Å². The molecular weight excluding hydrogens is 524 g/mol. The van der Waals surface area contributed by atoms with Crippen LogP contribution in [0.3, 0.4) is 0 Å². The predicted octanol–water partition coefficient (Wildman–Crippen LogP) is 5.70. The van der Waals surface area contributed by atoms with E-state index in [1.165, 1.54) is 14.2 Å². The molecule has 4 aromatic carbocycles. The Labute approximate surface area is 240 Å². The van der Waals surface area contributed by atoms with Crippen LogP contribution in [-0.4, -0.2) is 48.9 Å². The van der Waals surface area contributed by atoms with E-state index in [1.807, 2.05) is 24.3 Å². The lowest BCUT2D eigenvalue weighted by Crippen LogP contribution is -2.04. The fraction of sp³-hybridized carbons (Fsp3) is 0.273. The van der Waals surface area contributed by atoms with E-state index in [-0.39, 0.29) is 29.4 Å². The summed E-state index contributed by atoms with van der Waals surface area (Å²) >= 11 is 0. The molecule has 0 radical (unpaired) electrons. The second-order valence-corrected chi connectivity index (χ2v) is 9.76. The first-order valence-corrected chi connectivity index (χ1v) is 13.3. The Morgan fingerprint density at radius 3 is 1.24 bits per heavy atom. The van der Waals surface area contributed by atoms with Crippen molar-refractivity contribution in [3.8, 4) is 46.0 Å². The molecule has 0 spiro atoms. The summed E-state index contributed by atoms with van der Waals surface area (Å²) in [6.45, 7) is 0. The third kappa shape index (κ3) is 6.90. The maximum absolute atomic E-state index is 11.1. The van der Waals surface area contributed by atoms with Crippen LogP contribution in [0.2, 0.25) is 0 Å². The highest BCUT2D eigenvalue weighted by Crippen LogP contribution is 2.37. The fourth-order valence-corrected chi connectivity index (χ4v) is 4.95. The predicted molar refractivity (Wildman–Crippen MR) is 156 cm³/mol. The quantitative estimate of drug-likeness (QED) is 0.174. The Morgan fingerprint density at radius 1 is 0.463 bits per heavy atom. The molecule has 0 fully saturated rings. The maximum atomic E-state index is 11.1. The molecule has 4 rings (SSSR count). The first kappa shape index (κ1) is 29.3. The molecule has 0 atom stereocenters. The molecule has 8 heteroatoms. The summed E-state index contributed by atoms with van der Waals surface area (Å²) in [6.07, 6.45) is 2.69. The Hall–Kier alpha value is -4.72. The number of hydrogen-bond donors (Lipinski definition) is 4. The Balaban J connectivity index is 1.67. The van der Waals surface area contributed by atoms with E-state index in [0.29, 0.717) is 59.8 Å². The molecule has 0 amide bonds. The average molecular weight is 561 g/mol. The molecule has 8 nitrogen and oxygen atoms in total. The van der Waals surface area contributed by atoms with Gasteiger partial charge in [-0.2, -0.15) is 0 Å². The van der Waals surface area contributed by atoms with Gasteiger partial charge in [-0.3, -0.25) is 0 Å². The summed E-state index contributed by atoms with van der Waals surface area (Å²) in [7, 11) is 6.12. The number of aryl methyl sites for hydroxylation is 4. The first-order chi connectivity index (χ1) is 19.8. The van der Waals surface area contributed by atoms with Crippen molar-refractivity contribution in [1.82, 2.24) is 0 Å². The summed E-state index contributed by atoms with van der Waals surface area (Å²) in [5.41, 5.74) is 5.04. The molecule has 0 saturated carbocycles. The molecule has 0 saturated heterocycles. The Kier molecular flexibility index (Phi) is 9.34. The minimum absolute atomic E-state index is 0.0734. The molecular formula is C33H36O8. The minimum atomic E-state index is 0.0734. The lowest BCUT2D eigenvalue weighted by molar-refractivity contribution is 0.373. The van der Waals surface area contributed by atoms with Gasteiger partial charge in [0, 0.05) is 29.7 Å². The van der Waals surface area contributed by atoms with Crippen LogP contribution in [0.4, 0.5) is 0 Å². The normalized spacial score (nSPS) is 10.8. The van der Waals surface area contributed by atoms with Crippen LogP contribution in [0.5, 0.6) is 46.0 Å². The largest absolute Gasteiger partial charge is 0.508 e. The van der Waals surface area contributed by atoms with E-state index in [4.69, 9.17) is 18.9 Å². The standard InChI is InChI=1S/C33H36O8/c1-38-24-15-22(9-5-20-7-11-28(34)32(13-20)40-3)26(30(36)17-24)19-27-23(16-25(39-2)18-31(27)37)10-6-21-8-12-29(35)33(14-21)41-4/h7-8,11-18,34-37H,5-6,9-10,19H2,1-4H3. The molecule has 0 unspecified atom stereocenters. The van der Waals surface area contributed by atoms with Gasteiger partial charge in [-0.25, -0.2) is 0 Å². The van der Waals surface area contributed by atoms with Gasteiger partial charge in [-0.1, -0.05) is 12.1 Å². The van der Waals surface area contributed by atoms with Crippen LogP contribution in [0.15, 0.2) is 60.7 Å². The summed E-state index contributed by atoms with van der Waals surface area (Å²) in [5.74, 6) is 2.16. The number of methoxy groups -OCH3 is 4. The molecule has 216 valence electrons. The second kappa shape index (κ2) is 13.1. The van der Waals surface area contributed by atoms with E-state index in [0.717, 1.165) is 22.3 Å². The highest BCUT2D eigenvalue weighted by Gasteiger charge is 2.18. The monoisotopic (exact) mass is 560 g/mol. The van der Waals surface area contributed by atoms with Crippen LogP contribution in [0.1, 0.15) is 33.4 Å². The lowest BCUT2D eigenvalue weighted by atomic mass is 9.90. The fourth-order valence-electron chi connectivity index (χ4n) is 4.95. The molecule has 41 heavy (non-hydrogen) atoms. The van der Waals surface area contributed by atoms with Gasteiger partial charge in [0.1, 0.15) is 23.0 Å². The zero-order chi connectivity index (χ0) is 29.5. The molecule has 0 aliphatic carbocycles. The lowest BCUT2D eigenvalue weighted by Gasteiger charge is -2.18.